The van der Waals surface area contributed by atoms with E-state index in [9.17, 15) is 14.9 Å². The third-order valence-electron chi connectivity index (χ3n) is 2.60. The molecule has 0 aromatic heterocycles. The molecule has 0 saturated carbocycles. The van der Waals surface area contributed by atoms with Crippen LogP contribution in [-0.4, -0.2) is 17.2 Å². The number of hydrogen-bond acceptors (Lipinski definition) is 4. The molecule has 2 aromatic rings. The molecule has 1 N–H and O–H groups in total. The number of hydrogen-bond donors (Lipinski definition) is 1. The van der Waals surface area contributed by atoms with Crippen molar-refractivity contribution in [2.75, 3.05) is 0 Å². The third-order valence-corrected chi connectivity index (χ3v) is 2.93. The van der Waals surface area contributed by atoms with Crippen LogP contribution >= 0.6 is 11.6 Å². The predicted octanol–water partition coefficient (Wildman–Crippen LogP) is 3.34. The summed E-state index contributed by atoms with van der Waals surface area (Å²) >= 11 is 5.89. The standard InChI is InChI=1S/C14H10ClN3O3/c15-11-6-2-1-5-10(11)14(19)17-9-16-12-7-3-4-8-13(12)18(20)21/h1-9H,(H,16,17,19). The van der Waals surface area contributed by atoms with Gasteiger partial charge in [-0.25, -0.2) is 4.99 Å². The average Bonchev–Trinajstić information content (AvgIpc) is 2.48. The maximum absolute atomic E-state index is 11.9. The Morgan fingerprint density at radius 1 is 1.19 bits per heavy atom. The van der Waals surface area contributed by atoms with E-state index < -0.39 is 10.8 Å². The summed E-state index contributed by atoms with van der Waals surface area (Å²) in [6.07, 6.45) is 1.11. The number of aliphatic imine (C=N–C) groups is 1. The van der Waals surface area contributed by atoms with Gasteiger partial charge in [0, 0.05) is 6.07 Å². The van der Waals surface area contributed by atoms with Crippen molar-refractivity contribution in [1.29, 1.82) is 0 Å². The number of nitro benzene ring substituents is 1. The van der Waals surface area contributed by atoms with Crippen LogP contribution in [0.15, 0.2) is 53.5 Å². The monoisotopic (exact) mass is 303 g/mol. The molecular weight excluding hydrogens is 294 g/mol. The molecule has 0 unspecified atom stereocenters. The van der Waals surface area contributed by atoms with E-state index in [1.54, 1.807) is 36.4 Å². The van der Waals surface area contributed by atoms with Gasteiger partial charge in [0.2, 0.25) is 0 Å². The van der Waals surface area contributed by atoms with Gasteiger partial charge in [-0.1, -0.05) is 35.9 Å². The Hall–Kier alpha value is -2.73. The molecule has 0 aliphatic heterocycles. The van der Waals surface area contributed by atoms with Crippen molar-refractivity contribution < 1.29 is 9.72 Å². The second-order valence-corrected chi connectivity index (χ2v) is 4.36. The highest BCUT2D eigenvalue weighted by molar-refractivity contribution is 6.34. The van der Waals surface area contributed by atoms with Crippen molar-refractivity contribution in [2.45, 2.75) is 0 Å². The van der Waals surface area contributed by atoms with E-state index in [4.69, 9.17) is 11.6 Å². The number of nitrogens with one attached hydrogen (secondary N) is 1. The SMILES string of the molecule is O=C(NC=Nc1ccccc1[N+](=O)[O-])c1ccccc1Cl. The highest BCUT2D eigenvalue weighted by Crippen LogP contribution is 2.25. The minimum absolute atomic E-state index is 0.138. The lowest BCUT2D eigenvalue weighted by Crippen LogP contribution is -2.21. The molecule has 6 nitrogen and oxygen atoms in total. The van der Waals surface area contributed by atoms with Crippen LogP contribution in [0.25, 0.3) is 0 Å². The average molecular weight is 304 g/mol. The molecule has 0 aliphatic carbocycles. The van der Waals surface area contributed by atoms with Gasteiger partial charge in [-0.3, -0.25) is 14.9 Å². The molecular formula is C14H10ClN3O3. The van der Waals surface area contributed by atoms with Gasteiger partial charge in [0.05, 0.1) is 21.8 Å². The maximum atomic E-state index is 11.9. The van der Waals surface area contributed by atoms with Crippen LogP contribution in [0.2, 0.25) is 5.02 Å². The van der Waals surface area contributed by atoms with Gasteiger partial charge in [0.25, 0.3) is 11.6 Å². The zero-order valence-corrected chi connectivity index (χ0v) is 11.4. The van der Waals surface area contributed by atoms with Crippen molar-refractivity contribution in [2.24, 2.45) is 4.99 Å². The normalized spacial score (nSPS) is 10.5. The van der Waals surface area contributed by atoms with Crippen LogP contribution in [0.1, 0.15) is 10.4 Å². The summed E-state index contributed by atoms with van der Waals surface area (Å²) in [4.78, 5) is 26.0. The van der Waals surface area contributed by atoms with Crippen LogP contribution in [0.4, 0.5) is 11.4 Å². The Kier molecular flexibility index (Phi) is 4.63. The lowest BCUT2D eigenvalue weighted by molar-refractivity contribution is -0.384. The molecule has 0 atom stereocenters. The van der Waals surface area contributed by atoms with Crippen molar-refractivity contribution in [3.05, 3.63) is 69.2 Å². The smallest absolute Gasteiger partial charge is 0.294 e. The molecule has 0 spiro atoms. The van der Waals surface area contributed by atoms with Crippen molar-refractivity contribution in [3.63, 3.8) is 0 Å². The van der Waals surface area contributed by atoms with E-state index in [1.165, 1.54) is 12.1 Å². The van der Waals surface area contributed by atoms with E-state index in [0.717, 1.165) is 6.34 Å². The molecule has 2 aromatic carbocycles. The third kappa shape index (κ3) is 3.64. The molecule has 106 valence electrons. The Balaban J connectivity index is 2.12. The Bertz CT molecular complexity index is 716. The Labute approximate surface area is 125 Å². The van der Waals surface area contributed by atoms with Gasteiger partial charge in [-0.15, -0.1) is 0 Å². The van der Waals surface area contributed by atoms with Crippen LogP contribution in [0.3, 0.4) is 0 Å². The summed E-state index contributed by atoms with van der Waals surface area (Å²) in [7, 11) is 0. The second-order valence-electron chi connectivity index (χ2n) is 3.96. The number of carbonyl (C=O) groups is 1. The van der Waals surface area contributed by atoms with E-state index >= 15 is 0 Å². The van der Waals surface area contributed by atoms with Gasteiger partial charge < -0.3 is 5.32 Å². The van der Waals surface area contributed by atoms with Gasteiger partial charge in [-0.05, 0) is 18.2 Å². The van der Waals surface area contributed by atoms with Crippen LogP contribution in [0.5, 0.6) is 0 Å². The molecule has 0 saturated heterocycles. The van der Waals surface area contributed by atoms with Gasteiger partial charge in [0.15, 0.2) is 0 Å². The van der Waals surface area contributed by atoms with Gasteiger partial charge >= 0.3 is 0 Å². The lowest BCUT2D eigenvalue weighted by Gasteiger charge is -2.02. The van der Waals surface area contributed by atoms with E-state index in [0.29, 0.717) is 10.6 Å². The number of halogens is 1. The number of amides is 1. The van der Waals surface area contributed by atoms with Gasteiger partial charge in [-0.2, -0.15) is 0 Å². The first-order chi connectivity index (χ1) is 10.1. The summed E-state index contributed by atoms with van der Waals surface area (Å²) in [6.45, 7) is 0. The first-order valence-electron chi connectivity index (χ1n) is 5.91. The number of para-hydroxylation sites is 2. The summed E-state index contributed by atoms with van der Waals surface area (Å²) in [6, 6.07) is 12.5. The zero-order valence-electron chi connectivity index (χ0n) is 10.7. The van der Waals surface area contributed by atoms with Crippen LogP contribution < -0.4 is 5.32 Å². The van der Waals surface area contributed by atoms with Crippen LogP contribution in [-0.2, 0) is 0 Å². The summed E-state index contributed by atoms with van der Waals surface area (Å²) in [5, 5.41) is 13.5. The minimum atomic E-state index is -0.539. The molecule has 7 heteroatoms. The van der Waals surface area contributed by atoms with Crippen LogP contribution in [0, 0.1) is 10.1 Å². The molecule has 1 amide bonds. The molecule has 0 radical (unpaired) electrons. The predicted molar refractivity (Wildman–Crippen MR) is 80.2 cm³/mol. The topological polar surface area (TPSA) is 84.6 Å². The molecule has 2 rings (SSSR count). The zero-order chi connectivity index (χ0) is 15.2. The lowest BCUT2D eigenvalue weighted by atomic mass is 10.2. The van der Waals surface area contributed by atoms with Crippen molar-refractivity contribution in [1.82, 2.24) is 5.32 Å². The Morgan fingerprint density at radius 3 is 2.57 bits per heavy atom. The summed E-state index contributed by atoms with van der Waals surface area (Å²) in [5.74, 6) is -0.442. The quantitative estimate of drug-likeness (QED) is 0.407. The van der Waals surface area contributed by atoms with Crippen molar-refractivity contribution >= 4 is 35.2 Å². The first-order valence-corrected chi connectivity index (χ1v) is 6.29. The number of carbonyl (C=O) groups excluding carboxylic acids is 1. The largest absolute Gasteiger partial charge is 0.313 e. The van der Waals surface area contributed by atoms with E-state index in [2.05, 4.69) is 10.3 Å². The molecule has 0 fully saturated rings. The number of nitro groups is 1. The number of benzene rings is 2. The second kappa shape index (κ2) is 6.62. The molecule has 21 heavy (non-hydrogen) atoms. The number of nitrogens with zero attached hydrogens (tertiary/aromatic N) is 2. The summed E-state index contributed by atoms with van der Waals surface area (Å²) in [5.41, 5.74) is 0.316. The molecule has 0 bridgehead atoms. The van der Waals surface area contributed by atoms with E-state index in [-0.39, 0.29) is 11.4 Å². The Morgan fingerprint density at radius 2 is 1.86 bits per heavy atom. The molecule has 0 heterocycles. The highest BCUT2D eigenvalue weighted by Gasteiger charge is 2.11. The minimum Gasteiger partial charge on any atom is -0.313 e. The first kappa shape index (κ1) is 14.7. The fourth-order valence-electron chi connectivity index (χ4n) is 1.61. The highest BCUT2D eigenvalue weighted by atomic mass is 35.5. The fourth-order valence-corrected chi connectivity index (χ4v) is 1.83. The number of rotatable bonds is 4. The fraction of sp³-hybridized carbons (Fsp3) is 0. The summed E-state index contributed by atoms with van der Waals surface area (Å²) < 4.78 is 0. The molecule has 0 aliphatic rings. The van der Waals surface area contributed by atoms with Crippen molar-refractivity contribution in [3.8, 4) is 0 Å². The van der Waals surface area contributed by atoms with E-state index in [1.807, 2.05) is 0 Å². The van der Waals surface area contributed by atoms with Gasteiger partial charge in [0.1, 0.15) is 5.69 Å². The maximum Gasteiger partial charge on any atom is 0.294 e.